The van der Waals surface area contributed by atoms with Gasteiger partial charge in [0.1, 0.15) is 0 Å². The van der Waals surface area contributed by atoms with Crippen LogP contribution in [0.15, 0.2) is 30.7 Å². The van der Waals surface area contributed by atoms with E-state index in [0.717, 1.165) is 23.8 Å². The number of pyridine rings is 1. The van der Waals surface area contributed by atoms with Crippen LogP contribution in [0.25, 0.3) is 11.3 Å². The van der Waals surface area contributed by atoms with Crippen LogP contribution in [-0.4, -0.2) is 20.8 Å². The molecule has 1 N–H and O–H groups in total. The molecule has 1 aliphatic carbocycles. The van der Waals surface area contributed by atoms with Gasteiger partial charge in [0.2, 0.25) is 0 Å². The van der Waals surface area contributed by atoms with Gasteiger partial charge in [0, 0.05) is 49.4 Å². The lowest BCUT2D eigenvalue weighted by Crippen LogP contribution is -2.15. The predicted octanol–water partition coefficient (Wildman–Crippen LogP) is 1.73. The third-order valence-corrected chi connectivity index (χ3v) is 3.02. The van der Waals surface area contributed by atoms with Gasteiger partial charge in [-0.1, -0.05) is 0 Å². The lowest BCUT2D eigenvalue weighted by Gasteiger charge is -2.03. The first-order valence-corrected chi connectivity index (χ1v) is 5.99. The van der Waals surface area contributed by atoms with E-state index < -0.39 is 0 Å². The monoisotopic (exact) mass is 228 g/mol. The number of hydrogen-bond acceptors (Lipinski definition) is 3. The standard InChI is InChI=1S/C13H16N4/c1-17-9-11(8-15-12-2-3-12)13(16-17)10-4-6-14-7-5-10/h4-7,9,12,15H,2-3,8H2,1H3. The molecular weight excluding hydrogens is 212 g/mol. The zero-order chi connectivity index (χ0) is 11.7. The summed E-state index contributed by atoms with van der Waals surface area (Å²) in [5.41, 5.74) is 3.45. The molecule has 0 atom stereocenters. The zero-order valence-corrected chi connectivity index (χ0v) is 9.93. The van der Waals surface area contributed by atoms with E-state index in [-0.39, 0.29) is 0 Å². The maximum atomic E-state index is 4.53. The Balaban J connectivity index is 1.86. The SMILES string of the molecule is Cn1cc(CNC2CC2)c(-c2ccncc2)n1. The Morgan fingerprint density at radius 1 is 1.35 bits per heavy atom. The summed E-state index contributed by atoms with van der Waals surface area (Å²) >= 11 is 0. The second-order valence-electron chi connectivity index (χ2n) is 4.57. The molecule has 0 unspecified atom stereocenters. The van der Waals surface area contributed by atoms with Crippen molar-refractivity contribution in [2.45, 2.75) is 25.4 Å². The van der Waals surface area contributed by atoms with Crippen molar-refractivity contribution in [1.29, 1.82) is 0 Å². The molecule has 0 bridgehead atoms. The molecule has 3 rings (SSSR count). The van der Waals surface area contributed by atoms with Crippen LogP contribution in [0, 0.1) is 0 Å². The Morgan fingerprint density at radius 3 is 2.82 bits per heavy atom. The smallest absolute Gasteiger partial charge is 0.0969 e. The molecule has 0 spiro atoms. The summed E-state index contributed by atoms with van der Waals surface area (Å²) in [5, 5.41) is 8.06. The molecule has 4 nitrogen and oxygen atoms in total. The number of hydrogen-bond donors (Lipinski definition) is 1. The van der Waals surface area contributed by atoms with Crippen molar-refractivity contribution in [1.82, 2.24) is 20.1 Å². The van der Waals surface area contributed by atoms with E-state index in [2.05, 4.69) is 21.6 Å². The maximum absolute atomic E-state index is 4.53. The van der Waals surface area contributed by atoms with Gasteiger partial charge in [0.15, 0.2) is 0 Å². The molecule has 17 heavy (non-hydrogen) atoms. The number of aryl methyl sites for hydroxylation is 1. The first-order valence-electron chi connectivity index (χ1n) is 5.99. The summed E-state index contributed by atoms with van der Waals surface area (Å²) in [4.78, 5) is 4.04. The molecule has 1 aliphatic rings. The summed E-state index contributed by atoms with van der Waals surface area (Å²) < 4.78 is 1.87. The Kier molecular flexibility index (Phi) is 2.65. The normalized spacial score (nSPS) is 15.1. The molecule has 2 aromatic heterocycles. The highest BCUT2D eigenvalue weighted by Crippen LogP contribution is 2.23. The number of rotatable bonds is 4. The Labute approximate surface area is 101 Å². The quantitative estimate of drug-likeness (QED) is 0.866. The van der Waals surface area contributed by atoms with Crippen molar-refractivity contribution >= 4 is 0 Å². The third-order valence-electron chi connectivity index (χ3n) is 3.02. The van der Waals surface area contributed by atoms with Crippen LogP contribution >= 0.6 is 0 Å². The van der Waals surface area contributed by atoms with Crippen LogP contribution in [0.2, 0.25) is 0 Å². The van der Waals surface area contributed by atoms with E-state index in [0.29, 0.717) is 0 Å². The van der Waals surface area contributed by atoms with Crippen molar-refractivity contribution in [3.8, 4) is 11.3 Å². The minimum atomic E-state index is 0.723. The van der Waals surface area contributed by atoms with Crippen LogP contribution < -0.4 is 5.32 Å². The van der Waals surface area contributed by atoms with Gasteiger partial charge < -0.3 is 5.32 Å². The van der Waals surface area contributed by atoms with Crippen LogP contribution in [0.1, 0.15) is 18.4 Å². The molecule has 0 aromatic carbocycles. The lowest BCUT2D eigenvalue weighted by molar-refractivity contribution is 0.687. The minimum Gasteiger partial charge on any atom is -0.310 e. The first-order chi connectivity index (χ1) is 8.33. The van der Waals surface area contributed by atoms with Crippen molar-refractivity contribution in [2.75, 3.05) is 0 Å². The predicted molar refractivity (Wildman–Crippen MR) is 66.3 cm³/mol. The van der Waals surface area contributed by atoms with Crippen molar-refractivity contribution in [3.05, 3.63) is 36.3 Å². The van der Waals surface area contributed by atoms with Gasteiger partial charge >= 0.3 is 0 Å². The number of aromatic nitrogens is 3. The highest BCUT2D eigenvalue weighted by molar-refractivity contribution is 5.61. The third kappa shape index (κ3) is 2.36. The highest BCUT2D eigenvalue weighted by atomic mass is 15.3. The second-order valence-corrected chi connectivity index (χ2v) is 4.57. The maximum Gasteiger partial charge on any atom is 0.0969 e. The van der Waals surface area contributed by atoms with Gasteiger partial charge in [0.05, 0.1) is 5.69 Å². The van der Waals surface area contributed by atoms with Gasteiger partial charge in [-0.05, 0) is 25.0 Å². The van der Waals surface area contributed by atoms with E-state index in [1.165, 1.54) is 18.4 Å². The van der Waals surface area contributed by atoms with Crippen LogP contribution in [-0.2, 0) is 13.6 Å². The van der Waals surface area contributed by atoms with Crippen LogP contribution in [0.4, 0.5) is 0 Å². The molecule has 0 amide bonds. The van der Waals surface area contributed by atoms with E-state index >= 15 is 0 Å². The second kappa shape index (κ2) is 4.30. The summed E-state index contributed by atoms with van der Waals surface area (Å²) in [7, 11) is 1.96. The Hall–Kier alpha value is -1.68. The molecule has 2 heterocycles. The molecule has 1 saturated carbocycles. The molecule has 2 aromatic rings. The molecular formula is C13H16N4. The van der Waals surface area contributed by atoms with Gasteiger partial charge in [-0.2, -0.15) is 5.10 Å². The summed E-state index contributed by atoms with van der Waals surface area (Å²) in [6.45, 7) is 0.899. The van der Waals surface area contributed by atoms with Gasteiger partial charge in [-0.3, -0.25) is 9.67 Å². The molecule has 1 fully saturated rings. The van der Waals surface area contributed by atoms with Crippen LogP contribution in [0.3, 0.4) is 0 Å². The van der Waals surface area contributed by atoms with Crippen molar-refractivity contribution in [3.63, 3.8) is 0 Å². The zero-order valence-electron chi connectivity index (χ0n) is 9.93. The average molecular weight is 228 g/mol. The molecule has 4 heteroatoms. The van der Waals surface area contributed by atoms with E-state index in [1.807, 2.05) is 36.3 Å². The van der Waals surface area contributed by atoms with E-state index in [9.17, 15) is 0 Å². The van der Waals surface area contributed by atoms with Crippen molar-refractivity contribution in [2.24, 2.45) is 7.05 Å². The van der Waals surface area contributed by atoms with Gasteiger partial charge in [0.25, 0.3) is 0 Å². The van der Waals surface area contributed by atoms with Gasteiger partial charge in [-0.15, -0.1) is 0 Å². The fourth-order valence-corrected chi connectivity index (χ4v) is 1.96. The Bertz CT molecular complexity index is 499. The fraction of sp³-hybridized carbons (Fsp3) is 0.385. The number of nitrogens with zero attached hydrogens (tertiary/aromatic N) is 3. The summed E-state index contributed by atoms with van der Waals surface area (Å²) in [6, 6.07) is 4.73. The minimum absolute atomic E-state index is 0.723. The molecule has 88 valence electrons. The highest BCUT2D eigenvalue weighted by Gasteiger charge is 2.21. The topological polar surface area (TPSA) is 42.7 Å². The summed E-state index contributed by atoms with van der Waals surface area (Å²) in [5.74, 6) is 0. The molecule has 0 radical (unpaired) electrons. The van der Waals surface area contributed by atoms with E-state index in [4.69, 9.17) is 0 Å². The fourth-order valence-electron chi connectivity index (χ4n) is 1.96. The largest absolute Gasteiger partial charge is 0.310 e. The Morgan fingerprint density at radius 2 is 2.12 bits per heavy atom. The number of nitrogens with one attached hydrogen (secondary N) is 1. The molecule has 0 saturated heterocycles. The lowest BCUT2D eigenvalue weighted by atomic mass is 10.1. The average Bonchev–Trinajstić information content (AvgIpc) is 3.11. The van der Waals surface area contributed by atoms with Crippen molar-refractivity contribution < 1.29 is 0 Å². The summed E-state index contributed by atoms with van der Waals surface area (Å²) in [6.07, 6.45) is 8.32. The first kappa shape index (κ1) is 10.5. The molecule has 0 aliphatic heterocycles. The van der Waals surface area contributed by atoms with Crippen LogP contribution in [0.5, 0.6) is 0 Å². The van der Waals surface area contributed by atoms with E-state index in [1.54, 1.807) is 0 Å². The van der Waals surface area contributed by atoms with Gasteiger partial charge in [-0.25, -0.2) is 0 Å².